The zero-order chi connectivity index (χ0) is 17.1. The first kappa shape index (κ1) is 15.7. The molecule has 0 bridgehead atoms. The normalized spacial score (nSPS) is 14.8. The quantitative estimate of drug-likeness (QED) is 0.668. The highest BCUT2D eigenvalue weighted by molar-refractivity contribution is 7.18. The van der Waals surface area contributed by atoms with Crippen LogP contribution in [0, 0.1) is 0 Å². The second-order valence-corrected chi connectivity index (χ2v) is 6.40. The van der Waals surface area contributed by atoms with E-state index in [0.717, 1.165) is 38.3 Å². The van der Waals surface area contributed by atoms with E-state index in [1.54, 1.807) is 17.5 Å². The smallest absolute Gasteiger partial charge is 0.147 e. The monoisotopic (exact) mass is 352 g/mol. The van der Waals surface area contributed by atoms with Gasteiger partial charge in [-0.25, -0.2) is 9.97 Å². The average Bonchev–Trinajstić information content (AvgIpc) is 3.17. The molecular formula is C18H16N4O2S. The molecule has 6 nitrogen and oxygen atoms in total. The summed E-state index contributed by atoms with van der Waals surface area (Å²) in [6.07, 6.45) is 6.09. The summed E-state index contributed by atoms with van der Waals surface area (Å²) in [6.45, 7) is 3.03. The van der Waals surface area contributed by atoms with Gasteiger partial charge in [-0.2, -0.15) is 0 Å². The van der Waals surface area contributed by atoms with Crippen LogP contribution < -0.4 is 4.74 Å². The van der Waals surface area contributed by atoms with Crippen LogP contribution in [-0.2, 0) is 4.84 Å². The number of ether oxygens (including phenoxy) is 1. The predicted molar refractivity (Wildman–Crippen MR) is 96.9 cm³/mol. The van der Waals surface area contributed by atoms with Crippen molar-refractivity contribution in [2.75, 3.05) is 13.2 Å². The molecular weight excluding hydrogens is 336 g/mol. The summed E-state index contributed by atoms with van der Waals surface area (Å²) in [6, 6.07) is 7.78. The van der Waals surface area contributed by atoms with Crippen molar-refractivity contribution in [3.63, 3.8) is 0 Å². The molecule has 0 N–H and O–H groups in total. The minimum Gasteiger partial charge on any atom is -0.491 e. The molecule has 0 amide bonds. The molecule has 0 aliphatic carbocycles. The van der Waals surface area contributed by atoms with Crippen molar-refractivity contribution < 1.29 is 9.57 Å². The highest BCUT2D eigenvalue weighted by atomic mass is 32.1. The number of thiazole rings is 1. The Morgan fingerprint density at radius 1 is 1.28 bits per heavy atom. The Bertz CT molecular complexity index is 908. The number of hydrogen-bond acceptors (Lipinski definition) is 7. The largest absolute Gasteiger partial charge is 0.491 e. The molecule has 0 aromatic carbocycles. The summed E-state index contributed by atoms with van der Waals surface area (Å²) in [5.74, 6) is 0.741. The van der Waals surface area contributed by atoms with Crippen molar-refractivity contribution in [3.05, 3.63) is 48.5 Å². The fraction of sp³-hybridized carbons (Fsp3) is 0.222. The lowest BCUT2D eigenvalue weighted by atomic mass is 10.1. The zero-order valence-corrected chi connectivity index (χ0v) is 14.5. The van der Waals surface area contributed by atoms with Gasteiger partial charge in [-0.15, -0.1) is 11.3 Å². The molecule has 0 saturated carbocycles. The predicted octanol–water partition coefficient (Wildman–Crippen LogP) is 3.79. The molecule has 3 aromatic rings. The maximum Gasteiger partial charge on any atom is 0.147 e. The fourth-order valence-electron chi connectivity index (χ4n) is 2.53. The van der Waals surface area contributed by atoms with Crippen molar-refractivity contribution in [1.82, 2.24) is 15.0 Å². The molecule has 0 radical (unpaired) electrons. The maximum absolute atomic E-state index is 5.68. The minimum atomic E-state index is 0.530. The standard InChI is InChI=1S/C18H16N4O2S/c1-2-24-22-14-7-9-23-15-6-5-13(21-17(14)15)16-11-20-18(25-16)12-4-3-8-19-10-12/h3-6,8,10-11H,2,7,9H2,1H3. The van der Waals surface area contributed by atoms with E-state index in [1.807, 2.05) is 43.6 Å². The fourth-order valence-corrected chi connectivity index (χ4v) is 3.41. The Morgan fingerprint density at radius 2 is 2.24 bits per heavy atom. The lowest BCUT2D eigenvalue weighted by Gasteiger charge is -2.18. The van der Waals surface area contributed by atoms with Crippen LogP contribution in [0.4, 0.5) is 0 Å². The Kier molecular flexibility index (Phi) is 4.39. The number of aromatic nitrogens is 3. The third-order valence-corrected chi connectivity index (χ3v) is 4.77. The lowest BCUT2D eigenvalue weighted by molar-refractivity contribution is 0.157. The van der Waals surface area contributed by atoms with Crippen LogP contribution >= 0.6 is 11.3 Å². The van der Waals surface area contributed by atoms with E-state index in [2.05, 4.69) is 15.1 Å². The van der Waals surface area contributed by atoms with Crippen LogP contribution in [0.3, 0.4) is 0 Å². The molecule has 1 aliphatic rings. The number of hydrogen-bond donors (Lipinski definition) is 0. The third kappa shape index (κ3) is 3.23. The Hall–Kier alpha value is -2.80. The van der Waals surface area contributed by atoms with Crippen LogP contribution in [0.15, 0.2) is 48.0 Å². The Balaban J connectivity index is 1.69. The van der Waals surface area contributed by atoms with Crippen molar-refractivity contribution >= 4 is 17.0 Å². The second kappa shape index (κ2) is 6.98. The van der Waals surface area contributed by atoms with Gasteiger partial charge in [0.15, 0.2) is 0 Å². The molecule has 3 aromatic heterocycles. The molecule has 1 aliphatic heterocycles. The van der Waals surface area contributed by atoms with Gasteiger partial charge in [0.1, 0.15) is 28.8 Å². The summed E-state index contributed by atoms with van der Waals surface area (Å²) in [5.41, 5.74) is 3.41. The molecule has 126 valence electrons. The molecule has 0 fully saturated rings. The number of nitrogens with zero attached hydrogens (tertiary/aromatic N) is 4. The molecule has 4 heterocycles. The molecule has 25 heavy (non-hydrogen) atoms. The highest BCUT2D eigenvalue weighted by Gasteiger charge is 2.21. The number of oxime groups is 1. The van der Waals surface area contributed by atoms with E-state index < -0.39 is 0 Å². The molecule has 0 atom stereocenters. The van der Waals surface area contributed by atoms with Gasteiger partial charge < -0.3 is 9.57 Å². The van der Waals surface area contributed by atoms with Crippen molar-refractivity contribution in [3.8, 4) is 26.9 Å². The van der Waals surface area contributed by atoms with Gasteiger partial charge in [0, 0.05) is 30.6 Å². The molecule has 7 heteroatoms. The SMILES string of the molecule is CCON=C1CCOc2ccc(-c3cnc(-c4cccnc4)s3)nc21. The van der Waals surface area contributed by atoms with E-state index in [-0.39, 0.29) is 0 Å². The Labute approximate surface area is 149 Å². The first-order chi connectivity index (χ1) is 12.3. The lowest BCUT2D eigenvalue weighted by Crippen LogP contribution is -2.18. The molecule has 4 rings (SSSR count). The van der Waals surface area contributed by atoms with Crippen LogP contribution in [-0.4, -0.2) is 33.9 Å². The van der Waals surface area contributed by atoms with Crippen LogP contribution in [0.25, 0.3) is 21.1 Å². The van der Waals surface area contributed by atoms with Gasteiger partial charge in [0.25, 0.3) is 0 Å². The zero-order valence-electron chi connectivity index (χ0n) is 13.7. The van der Waals surface area contributed by atoms with Gasteiger partial charge in [0.2, 0.25) is 0 Å². The molecule has 0 unspecified atom stereocenters. The van der Waals surface area contributed by atoms with Crippen LogP contribution in [0.2, 0.25) is 0 Å². The number of fused-ring (bicyclic) bond motifs is 1. The van der Waals surface area contributed by atoms with Gasteiger partial charge in [0.05, 0.1) is 17.2 Å². The third-order valence-electron chi connectivity index (χ3n) is 3.70. The molecule has 0 saturated heterocycles. The van der Waals surface area contributed by atoms with E-state index in [4.69, 9.17) is 14.6 Å². The van der Waals surface area contributed by atoms with Crippen molar-refractivity contribution in [1.29, 1.82) is 0 Å². The topological polar surface area (TPSA) is 69.5 Å². The molecule has 0 spiro atoms. The van der Waals surface area contributed by atoms with Gasteiger partial charge in [-0.05, 0) is 31.2 Å². The summed E-state index contributed by atoms with van der Waals surface area (Å²) in [5, 5.41) is 5.10. The van der Waals surface area contributed by atoms with E-state index >= 15 is 0 Å². The van der Waals surface area contributed by atoms with Crippen LogP contribution in [0.1, 0.15) is 19.0 Å². The summed E-state index contributed by atoms with van der Waals surface area (Å²) in [7, 11) is 0. The average molecular weight is 352 g/mol. The van der Waals surface area contributed by atoms with E-state index in [0.29, 0.717) is 19.6 Å². The van der Waals surface area contributed by atoms with E-state index in [9.17, 15) is 0 Å². The number of pyridine rings is 2. The van der Waals surface area contributed by atoms with Crippen molar-refractivity contribution in [2.24, 2.45) is 5.16 Å². The maximum atomic E-state index is 5.68. The minimum absolute atomic E-state index is 0.530. The van der Waals surface area contributed by atoms with Crippen LogP contribution in [0.5, 0.6) is 5.75 Å². The van der Waals surface area contributed by atoms with Crippen molar-refractivity contribution in [2.45, 2.75) is 13.3 Å². The second-order valence-electron chi connectivity index (χ2n) is 5.37. The van der Waals surface area contributed by atoms with E-state index in [1.165, 1.54) is 0 Å². The number of rotatable bonds is 4. The van der Waals surface area contributed by atoms with Gasteiger partial charge in [-0.1, -0.05) is 5.16 Å². The summed E-state index contributed by atoms with van der Waals surface area (Å²) in [4.78, 5) is 19.6. The first-order valence-corrected chi connectivity index (χ1v) is 8.86. The van der Waals surface area contributed by atoms with Gasteiger partial charge >= 0.3 is 0 Å². The Morgan fingerprint density at radius 3 is 3.08 bits per heavy atom. The van der Waals surface area contributed by atoms with Gasteiger partial charge in [-0.3, -0.25) is 4.98 Å². The first-order valence-electron chi connectivity index (χ1n) is 8.05. The highest BCUT2D eigenvalue weighted by Crippen LogP contribution is 2.33. The summed E-state index contributed by atoms with van der Waals surface area (Å²) < 4.78 is 5.68. The summed E-state index contributed by atoms with van der Waals surface area (Å²) >= 11 is 1.58.